The van der Waals surface area contributed by atoms with Gasteiger partial charge in [0, 0.05) is 0 Å². The Labute approximate surface area is 161 Å². The van der Waals surface area contributed by atoms with Crippen LogP contribution in [0.4, 0.5) is 0 Å². The fourth-order valence-corrected chi connectivity index (χ4v) is 5.16. The first-order valence-electron chi connectivity index (χ1n) is 9.46. The molecule has 0 heterocycles. The van der Waals surface area contributed by atoms with E-state index in [0.717, 1.165) is 6.42 Å². The van der Waals surface area contributed by atoms with Crippen LogP contribution in [0.2, 0.25) is 0 Å². The van der Waals surface area contributed by atoms with Crippen molar-refractivity contribution in [2.75, 3.05) is 0 Å². The molecule has 1 rings (SSSR count). The van der Waals surface area contributed by atoms with Gasteiger partial charge in [-0.3, -0.25) is 4.55 Å². The van der Waals surface area contributed by atoms with Gasteiger partial charge in [-0.05, 0) is 45.6 Å². The lowest BCUT2D eigenvalue weighted by Crippen LogP contribution is -2.36. The molecule has 0 spiro atoms. The van der Waals surface area contributed by atoms with E-state index >= 15 is 0 Å². The Hall–Kier alpha value is -0.870. The van der Waals surface area contributed by atoms with Crippen LogP contribution in [0.1, 0.15) is 85.8 Å². The molecular weight excluding hydrogens is 344 g/mol. The fourth-order valence-electron chi connectivity index (χ4n) is 4.55. The van der Waals surface area contributed by atoms with Gasteiger partial charge in [-0.1, -0.05) is 86.6 Å². The summed E-state index contributed by atoms with van der Waals surface area (Å²) in [6.07, 6.45) is 1.13. The Kier molecular flexibility index (Phi) is 6.80. The topological polar surface area (TPSA) is 54.4 Å². The van der Waals surface area contributed by atoms with E-state index < -0.39 is 10.1 Å². The van der Waals surface area contributed by atoms with Gasteiger partial charge in [0.1, 0.15) is 5.75 Å². The van der Waals surface area contributed by atoms with Crippen LogP contribution >= 0.6 is 0 Å². The van der Waals surface area contributed by atoms with E-state index in [9.17, 15) is 8.42 Å². The van der Waals surface area contributed by atoms with Crippen LogP contribution < -0.4 is 0 Å². The van der Waals surface area contributed by atoms with E-state index in [1.165, 1.54) is 5.56 Å². The molecule has 2 atom stereocenters. The average molecular weight is 383 g/mol. The zero-order chi connectivity index (χ0) is 20.6. The van der Waals surface area contributed by atoms with Crippen LogP contribution in [0.5, 0.6) is 0 Å². The minimum absolute atomic E-state index is 0.0825. The van der Waals surface area contributed by atoms with Crippen LogP contribution in [0.3, 0.4) is 0 Å². The molecule has 0 aromatic heterocycles. The predicted octanol–water partition coefficient (Wildman–Crippen LogP) is 6.30. The Bertz CT molecular complexity index is 686. The molecule has 0 radical (unpaired) electrons. The highest BCUT2D eigenvalue weighted by atomic mass is 32.2. The maximum absolute atomic E-state index is 11.1. The minimum atomic E-state index is -4.00. The molecule has 4 heteroatoms. The van der Waals surface area contributed by atoms with Gasteiger partial charge in [0.15, 0.2) is 0 Å². The highest BCUT2D eigenvalue weighted by molar-refractivity contribution is 7.85. The quantitative estimate of drug-likeness (QED) is 0.587. The molecule has 1 aromatic rings. The molecular formula is C22H38O3S. The Morgan fingerprint density at radius 1 is 0.923 bits per heavy atom. The van der Waals surface area contributed by atoms with Crippen molar-refractivity contribution in [1.82, 2.24) is 0 Å². The molecule has 26 heavy (non-hydrogen) atoms. The van der Waals surface area contributed by atoms with Crippen molar-refractivity contribution >= 4 is 10.1 Å². The fraction of sp³-hybridized carbons (Fsp3) is 0.727. The van der Waals surface area contributed by atoms with E-state index in [1.807, 2.05) is 24.3 Å². The summed E-state index contributed by atoms with van der Waals surface area (Å²) in [5, 5.41) is 0. The van der Waals surface area contributed by atoms with Gasteiger partial charge >= 0.3 is 0 Å². The van der Waals surface area contributed by atoms with Crippen LogP contribution in [0, 0.1) is 22.2 Å². The van der Waals surface area contributed by atoms with Crippen molar-refractivity contribution in [1.29, 1.82) is 0 Å². The number of benzene rings is 1. The number of hydrogen-bond acceptors (Lipinski definition) is 2. The standard InChI is InChI=1S/C22H38O3S/c1-16(22(8,9)15-20(2,3)4)19(21(5,6)7)18-12-10-17(11-13-18)14-26(23,24)25/h10-13,16,19H,14-15H2,1-9H3,(H,23,24,25)/t16?,19-/m1/s1. The molecule has 3 nitrogen and oxygen atoms in total. The third-order valence-electron chi connectivity index (χ3n) is 5.34. The first kappa shape index (κ1) is 23.2. The molecule has 0 aliphatic heterocycles. The number of rotatable bonds is 6. The van der Waals surface area contributed by atoms with Gasteiger partial charge < -0.3 is 0 Å². The molecule has 0 saturated heterocycles. The lowest BCUT2D eigenvalue weighted by Gasteiger charge is -2.46. The summed E-state index contributed by atoms with van der Waals surface area (Å²) in [7, 11) is -4.00. The second-order valence-electron chi connectivity index (χ2n) is 10.8. The first-order chi connectivity index (χ1) is 11.4. The summed E-state index contributed by atoms with van der Waals surface area (Å²) in [6, 6.07) is 7.71. The van der Waals surface area contributed by atoms with Crippen molar-refractivity contribution in [3.8, 4) is 0 Å². The third kappa shape index (κ3) is 7.03. The SMILES string of the molecule is CC([C@H](c1ccc(CS(=O)(=O)O)cc1)C(C)(C)C)C(C)(C)CC(C)(C)C. The molecule has 150 valence electrons. The summed E-state index contributed by atoms with van der Waals surface area (Å²) < 4.78 is 31.3. The van der Waals surface area contributed by atoms with E-state index in [4.69, 9.17) is 4.55 Å². The maximum Gasteiger partial charge on any atom is 0.269 e. The van der Waals surface area contributed by atoms with Crippen molar-refractivity contribution in [2.45, 2.75) is 80.4 Å². The molecule has 1 N–H and O–H groups in total. The Balaban J connectivity index is 3.23. The third-order valence-corrected chi connectivity index (χ3v) is 6.04. The normalized spacial score (nSPS) is 16.4. The highest BCUT2D eigenvalue weighted by Crippen LogP contribution is 2.51. The predicted molar refractivity (Wildman–Crippen MR) is 111 cm³/mol. The average Bonchev–Trinajstić information content (AvgIpc) is 2.34. The summed E-state index contributed by atoms with van der Waals surface area (Å²) in [5.74, 6) is 0.465. The lowest BCUT2D eigenvalue weighted by atomic mass is 9.59. The van der Waals surface area contributed by atoms with E-state index in [0.29, 0.717) is 17.4 Å². The van der Waals surface area contributed by atoms with Crippen LogP contribution in [0.15, 0.2) is 24.3 Å². The summed E-state index contributed by atoms with van der Waals surface area (Å²) in [4.78, 5) is 0. The zero-order valence-electron chi connectivity index (χ0n) is 18.1. The molecule has 0 aliphatic carbocycles. The van der Waals surface area contributed by atoms with E-state index in [2.05, 4.69) is 62.3 Å². The summed E-state index contributed by atoms with van der Waals surface area (Å²) >= 11 is 0. The Morgan fingerprint density at radius 2 is 1.38 bits per heavy atom. The van der Waals surface area contributed by atoms with Gasteiger partial charge in [-0.2, -0.15) is 8.42 Å². The van der Waals surface area contributed by atoms with E-state index in [-0.39, 0.29) is 22.0 Å². The van der Waals surface area contributed by atoms with Gasteiger partial charge in [-0.15, -0.1) is 0 Å². The van der Waals surface area contributed by atoms with Gasteiger partial charge in [0.05, 0.1) is 0 Å². The largest absolute Gasteiger partial charge is 0.285 e. The van der Waals surface area contributed by atoms with E-state index in [1.54, 1.807) is 0 Å². The maximum atomic E-state index is 11.1. The summed E-state index contributed by atoms with van der Waals surface area (Å²) in [6.45, 7) is 20.7. The first-order valence-corrected chi connectivity index (χ1v) is 11.1. The highest BCUT2D eigenvalue weighted by Gasteiger charge is 2.40. The zero-order valence-corrected chi connectivity index (χ0v) is 18.9. The summed E-state index contributed by atoms with van der Waals surface area (Å²) in [5.41, 5.74) is 2.36. The minimum Gasteiger partial charge on any atom is -0.285 e. The molecule has 1 aromatic carbocycles. The van der Waals surface area contributed by atoms with Crippen molar-refractivity contribution in [2.24, 2.45) is 22.2 Å². The Morgan fingerprint density at radius 3 is 1.73 bits per heavy atom. The second kappa shape index (κ2) is 7.63. The van der Waals surface area contributed by atoms with Crippen molar-refractivity contribution in [3.05, 3.63) is 35.4 Å². The lowest BCUT2D eigenvalue weighted by molar-refractivity contribution is 0.0827. The molecule has 0 saturated carbocycles. The number of hydrogen-bond donors (Lipinski definition) is 1. The van der Waals surface area contributed by atoms with Crippen LogP contribution in [-0.2, 0) is 15.9 Å². The molecule has 1 unspecified atom stereocenters. The monoisotopic (exact) mass is 382 g/mol. The van der Waals surface area contributed by atoms with Crippen LogP contribution in [0.25, 0.3) is 0 Å². The molecule has 0 aliphatic rings. The molecule has 0 fully saturated rings. The van der Waals surface area contributed by atoms with Gasteiger partial charge in [0.25, 0.3) is 10.1 Å². The molecule has 0 bridgehead atoms. The van der Waals surface area contributed by atoms with Crippen LogP contribution in [-0.4, -0.2) is 13.0 Å². The molecule has 0 amide bonds. The van der Waals surface area contributed by atoms with Crippen molar-refractivity contribution < 1.29 is 13.0 Å². The smallest absolute Gasteiger partial charge is 0.269 e. The van der Waals surface area contributed by atoms with Gasteiger partial charge in [0.2, 0.25) is 0 Å². The second-order valence-corrected chi connectivity index (χ2v) is 12.3. The van der Waals surface area contributed by atoms with Gasteiger partial charge in [-0.25, -0.2) is 0 Å². The van der Waals surface area contributed by atoms with Crippen molar-refractivity contribution in [3.63, 3.8) is 0 Å².